The quantitative estimate of drug-likeness (QED) is 0.489. The summed E-state index contributed by atoms with van der Waals surface area (Å²) in [6.07, 6.45) is 6.72. The summed E-state index contributed by atoms with van der Waals surface area (Å²) in [7, 11) is 0. The van der Waals surface area contributed by atoms with Gasteiger partial charge in [-0.15, -0.1) is 0 Å². The molecule has 0 saturated carbocycles. The molecule has 8 nitrogen and oxygen atoms in total. The van der Waals surface area contributed by atoms with Gasteiger partial charge in [-0.05, 0) is 29.8 Å². The van der Waals surface area contributed by atoms with Crippen molar-refractivity contribution in [3.8, 4) is 28.2 Å². The lowest BCUT2D eigenvalue weighted by atomic mass is 10.0. The zero-order valence-electron chi connectivity index (χ0n) is 14.4. The Hall–Kier alpha value is -3.78. The Morgan fingerprint density at radius 3 is 2.71 bits per heavy atom. The molecule has 4 heterocycles. The Kier molecular flexibility index (Phi) is 3.77. The fraction of sp³-hybridized carbons (Fsp3) is 0. The van der Waals surface area contributed by atoms with E-state index in [4.69, 9.17) is 17.3 Å². The largest absolute Gasteiger partial charge is 0.383 e. The number of rotatable bonds is 3. The van der Waals surface area contributed by atoms with Gasteiger partial charge >= 0.3 is 0 Å². The molecule has 1 aromatic carbocycles. The molecule has 3 N–H and O–H groups in total. The van der Waals surface area contributed by atoms with Crippen LogP contribution in [0.5, 0.6) is 0 Å². The molecule has 0 aliphatic heterocycles. The third-order valence-electron chi connectivity index (χ3n) is 4.40. The molecule has 0 spiro atoms. The van der Waals surface area contributed by atoms with Gasteiger partial charge in [-0.3, -0.25) is 5.10 Å². The topological polar surface area (TPSA) is 111 Å². The van der Waals surface area contributed by atoms with Crippen molar-refractivity contribution in [3.63, 3.8) is 0 Å². The summed E-state index contributed by atoms with van der Waals surface area (Å²) in [5, 5.41) is 13.2. The van der Waals surface area contributed by atoms with Crippen molar-refractivity contribution in [1.29, 1.82) is 0 Å². The first-order valence-electron chi connectivity index (χ1n) is 8.41. The van der Waals surface area contributed by atoms with Crippen LogP contribution in [0.3, 0.4) is 0 Å². The van der Waals surface area contributed by atoms with E-state index in [2.05, 4.69) is 30.2 Å². The number of nitrogens with two attached hydrogens (primary N) is 1. The van der Waals surface area contributed by atoms with E-state index in [9.17, 15) is 0 Å². The summed E-state index contributed by atoms with van der Waals surface area (Å²) in [5.74, 6) is 1.04. The number of fused-ring (bicyclic) bond motifs is 1. The Morgan fingerprint density at radius 1 is 1.00 bits per heavy atom. The number of anilines is 1. The minimum absolute atomic E-state index is 0.384. The molecule has 0 atom stereocenters. The van der Waals surface area contributed by atoms with Gasteiger partial charge in [-0.1, -0.05) is 23.7 Å². The number of pyridine rings is 1. The fourth-order valence-electron chi connectivity index (χ4n) is 3.10. The number of aromatic nitrogens is 7. The van der Waals surface area contributed by atoms with Gasteiger partial charge in [0.15, 0.2) is 11.5 Å². The lowest BCUT2D eigenvalue weighted by Gasteiger charge is -2.09. The maximum Gasteiger partial charge on any atom is 0.184 e. The van der Waals surface area contributed by atoms with Crippen molar-refractivity contribution in [2.75, 3.05) is 5.73 Å². The molecule has 5 aromatic rings. The standard InChI is InChI=1S/C19H13ClN8/c20-13-5-3-11(4-6-13)15-16(23-10-24-17(15)21)12-8-25-28(9-12)19-14-2-1-7-22-18(14)26-27-19/h1-10H,(H2,21,23,24)(H,22,26,27). The highest BCUT2D eigenvalue weighted by molar-refractivity contribution is 6.30. The normalized spacial score (nSPS) is 11.2. The van der Waals surface area contributed by atoms with Crippen LogP contribution >= 0.6 is 11.6 Å². The Bertz CT molecular complexity index is 1290. The molecule has 28 heavy (non-hydrogen) atoms. The second-order valence-electron chi connectivity index (χ2n) is 6.11. The summed E-state index contributed by atoms with van der Waals surface area (Å²) in [6.45, 7) is 0. The first-order valence-corrected chi connectivity index (χ1v) is 8.79. The number of benzene rings is 1. The molecular formula is C19H13ClN8. The molecule has 0 unspecified atom stereocenters. The van der Waals surface area contributed by atoms with Crippen molar-refractivity contribution in [2.45, 2.75) is 0 Å². The molecule has 5 rings (SSSR count). The fourth-order valence-corrected chi connectivity index (χ4v) is 3.22. The molecule has 0 aliphatic carbocycles. The van der Waals surface area contributed by atoms with Gasteiger partial charge in [0.2, 0.25) is 0 Å². The van der Waals surface area contributed by atoms with Crippen LogP contribution in [0, 0.1) is 0 Å². The van der Waals surface area contributed by atoms with E-state index in [1.165, 1.54) is 6.33 Å². The van der Waals surface area contributed by atoms with E-state index in [0.717, 1.165) is 22.1 Å². The molecular weight excluding hydrogens is 376 g/mol. The number of hydrogen-bond donors (Lipinski definition) is 2. The van der Waals surface area contributed by atoms with Crippen LogP contribution in [0.4, 0.5) is 5.82 Å². The molecule has 0 amide bonds. The van der Waals surface area contributed by atoms with Crippen LogP contribution in [0.1, 0.15) is 0 Å². The van der Waals surface area contributed by atoms with Gasteiger partial charge in [0, 0.05) is 23.0 Å². The highest BCUT2D eigenvalue weighted by atomic mass is 35.5. The van der Waals surface area contributed by atoms with Crippen molar-refractivity contribution in [3.05, 3.63) is 66.3 Å². The molecule has 0 saturated heterocycles. The van der Waals surface area contributed by atoms with Gasteiger partial charge in [-0.25, -0.2) is 19.6 Å². The van der Waals surface area contributed by atoms with E-state index >= 15 is 0 Å². The third-order valence-corrected chi connectivity index (χ3v) is 4.65. The van der Waals surface area contributed by atoms with Crippen LogP contribution < -0.4 is 5.73 Å². The van der Waals surface area contributed by atoms with Crippen LogP contribution in [-0.2, 0) is 0 Å². The molecule has 4 aromatic heterocycles. The maximum absolute atomic E-state index is 6.17. The molecule has 136 valence electrons. The average Bonchev–Trinajstić information content (AvgIpc) is 3.35. The summed E-state index contributed by atoms with van der Waals surface area (Å²) < 4.78 is 1.68. The van der Waals surface area contributed by atoms with Gasteiger partial charge in [-0.2, -0.15) is 10.2 Å². The molecule has 0 fully saturated rings. The third kappa shape index (κ3) is 2.67. The van der Waals surface area contributed by atoms with Crippen molar-refractivity contribution in [1.82, 2.24) is 34.9 Å². The number of halogens is 1. The zero-order valence-corrected chi connectivity index (χ0v) is 15.2. The van der Waals surface area contributed by atoms with Crippen molar-refractivity contribution in [2.24, 2.45) is 0 Å². The Balaban J connectivity index is 1.64. The minimum atomic E-state index is 0.384. The lowest BCUT2D eigenvalue weighted by Crippen LogP contribution is -1.99. The van der Waals surface area contributed by atoms with Crippen molar-refractivity contribution >= 4 is 28.5 Å². The van der Waals surface area contributed by atoms with E-state index in [1.807, 2.05) is 30.5 Å². The molecule has 0 aliphatic rings. The predicted molar refractivity (Wildman–Crippen MR) is 107 cm³/mol. The number of hydrogen-bond acceptors (Lipinski definition) is 6. The van der Waals surface area contributed by atoms with Gasteiger partial charge < -0.3 is 5.73 Å². The average molecular weight is 389 g/mol. The summed E-state index contributed by atoms with van der Waals surface area (Å²) in [5.41, 5.74) is 9.94. The first-order chi connectivity index (χ1) is 13.7. The molecule has 9 heteroatoms. The van der Waals surface area contributed by atoms with E-state index in [-0.39, 0.29) is 0 Å². The summed E-state index contributed by atoms with van der Waals surface area (Å²) in [6, 6.07) is 11.2. The van der Waals surface area contributed by atoms with Crippen LogP contribution in [0.15, 0.2) is 61.3 Å². The molecule has 0 bridgehead atoms. The SMILES string of the molecule is Nc1ncnc(-c2cnn(-c3n[nH]c4ncccc34)c2)c1-c1ccc(Cl)cc1. The van der Waals surface area contributed by atoms with E-state index < -0.39 is 0 Å². The smallest absolute Gasteiger partial charge is 0.184 e. The number of H-pyrrole nitrogens is 1. The first kappa shape index (κ1) is 16.4. The maximum atomic E-state index is 6.17. The number of aromatic amines is 1. The van der Waals surface area contributed by atoms with Crippen LogP contribution in [-0.4, -0.2) is 34.9 Å². The van der Waals surface area contributed by atoms with E-state index in [0.29, 0.717) is 28.0 Å². The highest BCUT2D eigenvalue weighted by Crippen LogP contribution is 2.34. The number of nitrogens with one attached hydrogen (secondary N) is 1. The van der Waals surface area contributed by atoms with Crippen LogP contribution in [0.2, 0.25) is 5.02 Å². The monoisotopic (exact) mass is 388 g/mol. The van der Waals surface area contributed by atoms with Gasteiger partial charge in [0.25, 0.3) is 0 Å². The minimum Gasteiger partial charge on any atom is -0.383 e. The number of nitrogen functional groups attached to an aromatic ring is 1. The highest BCUT2D eigenvalue weighted by Gasteiger charge is 2.17. The summed E-state index contributed by atoms with van der Waals surface area (Å²) >= 11 is 6.01. The van der Waals surface area contributed by atoms with Crippen molar-refractivity contribution < 1.29 is 0 Å². The van der Waals surface area contributed by atoms with Gasteiger partial charge in [0.1, 0.15) is 12.1 Å². The second kappa shape index (κ2) is 6.43. The number of nitrogens with zero attached hydrogens (tertiary/aromatic N) is 6. The Morgan fingerprint density at radius 2 is 1.86 bits per heavy atom. The predicted octanol–water partition coefficient (Wildman–Crippen LogP) is 3.50. The zero-order chi connectivity index (χ0) is 19.1. The molecule has 0 radical (unpaired) electrons. The van der Waals surface area contributed by atoms with Gasteiger partial charge in [0.05, 0.1) is 22.8 Å². The second-order valence-corrected chi connectivity index (χ2v) is 6.55. The lowest BCUT2D eigenvalue weighted by molar-refractivity contribution is 0.841. The van der Waals surface area contributed by atoms with Crippen LogP contribution in [0.25, 0.3) is 39.2 Å². The Labute approximate surface area is 164 Å². The van der Waals surface area contributed by atoms with E-state index in [1.54, 1.807) is 29.2 Å². The summed E-state index contributed by atoms with van der Waals surface area (Å²) in [4.78, 5) is 12.8.